The fourth-order valence-electron chi connectivity index (χ4n) is 6.08. The summed E-state index contributed by atoms with van der Waals surface area (Å²) in [4.78, 5) is 14.2. The van der Waals surface area contributed by atoms with Gasteiger partial charge in [-0.3, -0.25) is 0 Å². The molecule has 1 saturated heterocycles. The maximum Gasteiger partial charge on any atom is 0.317 e. The van der Waals surface area contributed by atoms with E-state index in [2.05, 4.69) is 57.2 Å². The molecule has 1 fully saturated rings. The molecule has 1 N–H and O–H groups in total. The zero-order chi connectivity index (χ0) is 30.5. The van der Waals surface area contributed by atoms with Gasteiger partial charge >= 0.3 is 6.03 Å². The average molecular weight is 608 g/mol. The lowest BCUT2D eigenvalue weighted by Gasteiger charge is -2.32. The summed E-state index contributed by atoms with van der Waals surface area (Å²) in [6.07, 6.45) is 5.61. The topological polar surface area (TPSA) is 103 Å². The van der Waals surface area contributed by atoms with Crippen LogP contribution in [-0.2, 0) is 6.42 Å². The van der Waals surface area contributed by atoms with Gasteiger partial charge in [0.1, 0.15) is 6.33 Å². The van der Waals surface area contributed by atoms with Crippen LogP contribution in [0.2, 0.25) is 5.02 Å². The quantitative estimate of drug-likeness (QED) is 0.175. The lowest BCUT2D eigenvalue weighted by molar-refractivity contribution is -0.614. The second kappa shape index (κ2) is 13.3. The number of carbonyl (C=O) groups is 1. The van der Waals surface area contributed by atoms with Gasteiger partial charge < -0.3 is 15.4 Å². The molecule has 0 spiro atoms. The van der Waals surface area contributed by atoms with Crippen LogP contribution in [0.3, 0.4) is 0 Å². The van der Waals surface area contributed by atoms with Crippen LogP contribution in [-0.4, -0.2) is 50.8 Å². The molecule has 10 heteroatoms. The highest BCUT2D eigenvalue weighted by atomic mass is 35.5. The highest BCUT2D eigenvalue weighted by molar-refractivity contribution is 6.31. The molecular weight excluding hydrogens is 574 g/mol. The number of urea groups is 1. The van der Waals surface area contributed by atoms with Gasteiger partial charge in [0, 0.05) is 41.9 Å². The third kappa shape index (κ3) is 6.43. The van der Waals surface area contributed by atoms with E-state index in [1.54, 1.807) is 16.9 Å². The summed E-state index contributed by atoms with van der Waals surface area (Å²) in [6.45, 7) is 4.02. The monoisotopic (exact) mass is 607 g/mol. The maximum absolute atomic E-state index is 13.8. The summed E-state index contributed by atoms with van der Waals surface area (Å²) < 4.78 is 2.53. The fourth-order valence-corrected chi connectivity index (χ4v) is 6.26. The van der Waals surface area contributed by atoms with Gasteiger partial charge in [0.15, 0.2) is 6.20 Å². The Morgan fingerprint density at radius 3 is 2.59 bits per heavy atom. The van der Waals surface area contributed by atoms with Crippen molar-refractivity contribution in [3.05, 3.63) is 130 Å². The second-order valence-corrected chi connectivity index (χ2v) is 11.5. The van der Waals surface area contributed by atoms with E-state index in [0.717, 1.165) is 53.0 Å². The number of hydrogen-bond acceptors (Lipinski definition) is 5. The first kappa shape index (κ1) is 29.3. The van der Waals surface area contributed by atoms with Crippen LogP contribution in [0.5, 0.6) is 0 Å². The van der Waals surface area contributed by atoms with Gasteiger partial charge in [-0.1, -0.05) is 66.2 Å². The standard InChI is InChI=1S/C34H34ClN7O2/c1-2-36-34(43)40-17-15-25(16-18-40)26-9-6-10-27(20-26)30(19-24-7-4-3-5-8-24)33-13-11-28(22-42(33)44)31-21-29(35)12-14-32(31)41-23-37-38-39-41/h3-14,20-23,25,30H,2,15-19H2,1H3,(H,36,43)/t30-/m0/s1. The van der Waals surface area contributed by atoms with E-state index in [1.807, 2.05) is 54.3 Å². The maximum atomic E-state index is 13.8. The molecule has 0 radical (unpaired) electrons. The zero-order valence-corrected chi connectivity index (χ0v) is 25.3. The molecule has 0 saturated carbocycles. The van der Waals surface area contributed by atoms with Crippen LogP contribution in [0.1, 0.15) is 54.0 Å². The van der Waals surface area contributed by atoms with Gasteiger partial charge in [-0.25, -0.2) is 4.79 Å². The number of carbonyl (C=O) groups excluding carboxylic acids is 1. The van der Waals surface area contributed by atoms with Gasteiger partial charge in [-0.15, -0.1) is 5.10 Å². The summed E-state index contributed by atoms with van der Waals surface area (Å²) in [6, 6.07) is 28.2. The summed E-state index contributed by atoms with van der Waals surface area (Å²) in [5.41, 5.74) is 6.33. The van der Waals surface area contributed by atoms with E-state index < -0.39 is 0 Å². The number of nitrogens with one attached hydrogen (secondary N) is 1. The Hall–Kier alpha value is -4.76. The van der Waals surface area contributed by atoms with E-state index in [-0.39, 0.29) is 11.9 Å². The largest absolute Gasteiger partial charge is 0.618 e. The molecule has 9 nitrogen and oxygen atoms in total. The number of rotatable bonds is 8. The molecule has 3 aromatic carbocycles. The lowest BCUT2D eigenvalue weighted by atomic mass is 9.84. The number of pyridine rings is 1. The third-order valence-corrected chi connectivity index (χ3v) is 8.58. The molecule has 0 aliphatic carbocycles. The number of benzene rings is 3. The Bertz CT molecular complexity index is 1720. The number of hydrogen-bond donors (Lipinski definition) is 1. The Balaban J connectivity index is 1.33. The van der Waals surface area contributed by atoms with E-state index in [4.69, 9.17) is 11.6 Å². The first-order chi connectivity index (χ1) is 21.5. The number of tetrazole rings is 1. The average Bonchev–Trinajstić information content (AvgIpc) is 3.60. The highest BCUT2D eigenvalue weighted by Gasteiger charge is 2.27. The molecule has 5 aromatic rings. The molecule has 1 aliphatic rings. The number of aromatic nitrogens is 5. The Morgan fingerprint density at radius 2 is 1.86 bits per heavy atom. The molecular formula is C34H34ClN7O2. The van der Waals surface area contributed by atoms with Crippen molar-refractivity contribution >= 4 is 17.6 Å². The minimum atomic E-state index is -0.169. The van der Waals surface area contributed by atoms with Crippen molar-refractivity contribution in [1.82, 2.24) is 30.4 Å². The minimum absolute atomic E-state index is 0.00826. The van der Waals surface area contributed by atoms with E-state index >= 15 is 0 Å². The predicted molar refractivity (Wildman–Crippen MR) is 170 cm³/mol. The number of amides is 2. The molecule has 1 atom stereocenters. The van der Waals surface area contributed by atoms with Crippen LogP contribution in [0.15, 0.2) is 97.5 Å². The van der Waals surface area contributed by atoms with Crippen LogP contribution in [0.25, 0.3) is 16.8 Å². The van der Waals surface area contributed by atoms with E-state index in [9.17, 15) is 10.0 Å². The predicted octanol–water partition coefficient (Wildman–Crippen LogP) is 5.90. The van der Waals surface area contributed by atoms with Crippen molar-refractivity contribution in [3.8, 4) is 16.8 Å². The smallest absolute Gasteiger partial charge is 0.317 e. The van der Waals surface area contributed by atoms with Crippen molar-refractivity contribution in [1.29, 1.82) is 0 Å². The van der Waals surface area contributed by atoms with Crippen molar-refractivity contribution in [2.75, 3.05) is 19.6 Å². The third-order valence-electron chi connectivity index (χ3n) is 8.34. The molecule has 1 aliphatic heterocycles. The first-order valence-electron chi connectivity index (χ1n) is 14.9. The molecule has 3 heterocycles. The van der Waals surface area contributed by atoms with Crippen LogP contribution in [0, 0.1) is 5.21 Å². The van der Waals surface area contributed by atoms with Gasteiger partial charge in [0.2, 0.25) is 5.69 Å². The molecule has 44 heavy (non-hydrogen) atoms. The molecule has 6 rings (SSSR count). The number of piperidine rings is 1. The first-order valence-corrected chi connectivity index (χ1v) is 15.3. The number of halogens is 1. The van der Waals surface area contributed by atoms with Crippen molar-refractivity contribution in [2.24, 2.45) is 0 Å². The normalized spacial score (nSPS) is 14.4. The minimum Gasteiger partial charge on any atom is -0.618 e. The summed E-state index contributed by atoms with van der Waals surface area (Å²) in [7, 11) is 0. The van der Waals surface area contributed by atoms with Crippen LogP contribution < -0.4 is 10.0 Å². The Kier molecular flexibility index (Phi) is 8.84. The summed E-state index contributed by atoms with van der Waals surface area (Å²) in [5.74, 6) is 0.185. The molecule has 224 valence electrons. The summed E-state index contributed by atoms with van der Waals surface area (Å²) >= 11 is 6.37. The molecule has 2 amide bonds. The van der Waals surface area contributed by atoms with E-state index in [0.29, 0.717) is 35.2 Å². The molecule has 2 aromatic heterocycles. The fraction of sp³-hybridized carbons (Fsp3) is 0.265. The molecule has 0 bridgehead atoms. The van der Waals surface area contributed by atoms with E-state index in [1.165, 1.54) is 11.9 Å². The van der Waals surface area contributed by atoms with Gasteiger partial charge in [-0.05, 0) is 83.5 Å². The second-order valence-electron chi connectivity index (χ2n) is 11.1. The van der Waals surface area contributed by atoms with Gasteiger partial charge in [0.05, 0.1) is 11.6 Å². The van der Waals surface area contributed by atoms with Crippen molar-refractivity contribution in [3.63, 3.8) is 0 Å². The lowest BCUT2D eigenvalue weighted by Crippen LogP contribution is -2.44. The van der Waals surface area contributed by atoms with Crippen molar-refractivity contribution < 1.29 is 9.52 Å². The Labute approximate surface area is 261 Å². The summed E-state index contributed by atoms with van der Waals surface area (Å²) in [5, 5.41) is 28.8. The molecule has 0 unspecified atom stereocenters. The Morgan fingerprint density at radius 1 is 1.05 bits per heavy atom. The SMILES string of the molecule is CCNC(=O)N1CCC(c2cccc([C@H](Cc3ccccc3)c3ccc(-c4cc(Cl)ccc4-n4cnnn4)c[n+]3[O-])c2)CC1. The number of likely N-dealkylation sites (tertiary alicyclic amines) is 1. The zero-order valence-electron chi connectivity index (χ0n) is 24.5. The van der Waals surface area contributed by atoms with Crippen LogP contribution >= 0.6 is 11.6 Å². The van der Waals surface area contributed by atoms with Gasteiger partial charge in [0.25, 0.3) is 0 Å². The van der Waals surface area contributed by atoms with Crippen molar-refractivity contribution in [2.45, 2.75) is 38.0 Å². The number of nitrogens with zero attached hydrogens (tertiary/aromatic N) is 6. The van der Waals surface area contributed by atoms with Crippen LogP contribution in [0.4, 0.5) is 4.79 Å². The highest BCUT2D eigenvalue weighted by Crippen LogP contribution is 2.34. The van der Waals surface area contributed by atoms with Gasteiger partial charge in [-0.2, -0.15) is 9.41 Å².